The van der Waals surface area contributed by atoms with Crippen molar-refractivity contribution >= 4 is 8.32 Å². The van der Waals surface area contributed by atoms with E-state index in [0.29, 0.717) is 17.2 Å². The van der Waals surface area contributed by atoms with Gasteiger partial charge in [0.15, 0.2) is 8.32 Å². The summed E-state index contributed by atoms with van der Waals surface area (Å²) in [5.41, 5.74) is 5.94. The van der Waals surface area contributed by atoms with Crippen LogP contribution in [0.5, 0.6) is 0 Å². The molecule has 2 saturated carbocycles. The fourth-order valence-corrected chi connectivity index (χ4v) is 3.91. The first-order valence-corrected chi connectivity index (χ1v) is 9.06. The monoisotopic (exact) mass is 227 g/mol. The second-order valence-corrected chi connectivity index (χ2v) is 11.6. The summed E-state index contributed by atoms with van der Waals surface area (Å²) in [6.45, 7) is 11.6. The van der Waals surface area contributed by atoms with Crippen molar-refractivity contribution in [3.05, 3.63) is 0 Å². The molecular formula is C12H25NOSi. The standard InChI is InChI=1S/C12H25NOSi/c1-12(2,3)15(4,5)14-8-6-9-10(7-8)11(9)13/h8-11H,6-7,13H2,1-5H3/t8?,9-,10+,11+. The average Bonchev–Trinajstić information content (AvgIpc) is 2.54. The van der Waals surface area contributed by atoms with Crippen LogP contribution in [0, 0.1) is 11.8 Å². The van der Waals surface area contributed by atoms with Crippen molar-refractivity contribution in [3.63, 3.8) is 0 Å². The Hall–Kier alpha value is 0.137. The highest BCUT2D eigenvalue weighted by Gasteiger charge is 2.55. The van der Waals surface area contributed by atoms with Gasteiger partial charge < -0.3 is 10.2 Å². The van der Waals surface area contributed by atoms with Gasteiger partial charge in [0.2, 0.25) is 0 Å². The fourth-order valence-electron chi connectivity index (χ4n) is 2.53. The third kappa shape index (κ3) is 2.02. The van der Waals surface area contributed by atoms with E-state index in [9.17, 15) is 0 Å². The second kappa shape index (κ2) is 3.31. The minimum absolute atomic E-state index is 0.335. The number of fused-ring (bicyclic) bond motifs is 1. The quantitative estimate of drug-likeness (QED) is 0.736. The predicted molar refractivity (Wildman–Crippen MR) is 66.3 cm³/mol. The van der Waals surface area contributed by atoms with E-state index in [2.05, 4.69) is 33.9 Å². The molecule has 0 aromatic rings. The van der Waals surface area contributed by atoms with Crippen LogP contribution in [0.25, 0.3) is 0 Å². The molecule has 1 unspecified atom stereocenters. The van der Waals surface area contributed by atoms with Gasteiger partial charge >= 0.3 is 0 Å². The topological polar surface area (TPSA) is 35.2 Å². The van der Waals surface area contributed by atoms with Gasteiger partial charge in [-0.15, -0.1) is 0 Å². The maximum Gasteiger partial charge on any atom is 0.192 e. The zero-order valence-electron chi connectivity index (χ0n) is 10.7. The first-order valence-electron chi connectivity index (χ1n) is 6.16. The molecule has 2 aliphatic carbocycles. The summed E-state index contributed by atoms with van der Waals surface area (Å²) < 4.78 is 6.40. The Balaban J connectivity index is 1.88. The van der Waals surface area contributed by atoms with Gasteiger partial charge in [-0.05, 0) is 42.8 Å². The largest absolute Gasteiger partial charge is 0.414 e. The van der Waals surface area contributed by atoms with Gasteiger partial charge in [0.1, 0.15) is 0 Å². The van der Waals surface area contributed by atoms with Crippen molar-refractivity contribution < 1.29 is 4.43 Å². The molecule has 2 nitrogen and oxygen atoms in total. The lowest BCUT2D eigenvalue weighted by atomic mass is 10.2. The molecule has 0 heterocycles. The van der Waals surface area contributed by atoms with E-state index in [1.807, 2.05) is 0 Å². The normalized spacial score (nSPS) is 40.4. The number of nitrogens with two attached hydrogens (primary N) is 1. The molecule has 4 atom stereocenters. The summed E-state index contributed by atoms with van der Waals surface area (Å²) in [6.07, 6.45) is 2.96. The van der Waals surface area contributed by atoms with Crippen LogP contribution in [0.2, 0.25) is 18.1 Å². The van der Waals surface area contributed by atoms with Crippen molar-refractivity contribution in [2.45, 2.75) is 63.9 Å². The Labute approximate surface area is 94.7 Å². The Bertz CT molecular complexity index is 247. The van der Waals surface area contributed by atoms with Crippen molar-refractivity contribution in [1.82, 2.24) is 0 Å². The number of hydrogen-bond donors (Lipinski definition) is 1. The minimum atomic E-state index is -1.54. The van der Waals surface area contributed by atoms with E-state index in [-0.39, 0.29) is 0 Å². The molecule has 0 aliphatic heterocycles. The smallest absolute Gasteiger partial charge is 0.192 e. The van der Waals surface area contributed by atoms with Gasteiger partial charge in [0.25, 0.3) is 0 Å². The van der Waals surface area contributed by atoms with Gasteiger partial charge in [-0.2, -0.15) is 0 Å². The Morgan fingerprint density at radius 1 is 1.13 bits per heavy atom. The van der Waals surface area contributed by atoms with Crippen LogP contribution in [0.1, 0.15) is 33.6 Å². The highest BCUT2D eigenvalue weighted by atomic mass is 28.4. The van der Waals surface area contributed by atoms with Gasteiger partial charge in [-0.25, -0.2) is 0 Å². The Morgan fingerprint density at radius 2 is 1.60 bits per heavy atom. The van der Waals surface area contributed by atoms with Crippen LogP contribution < -0.4 is 5.73 Å². The minimum Gasteiger partial charge on any atom is -0.414 e. The maximum atomic E-state index is 6.40. The SMILES string of the molecule is CC(C)(C)[Si](C)(C)OC1C[C@@H]2[C@@H](N)[C@@H]2C1. The highest BCUT2D eigenvalue weighted by Crippen LogP contribution is 2.53. The number of hydrogen-bond acceptors (Lipinski definition) is 2. The molecule has 2 fully saturated rings. The highest BCUT2D eigenvalue weighted by molar-refractivity contribution is 6.74. The Kier molecular flexibility index (Phi) is 2.57. The summed E-state index contributed by atoms with van der Waals surface area (Å²) in [5.74, 6) is 1.58. The second-order valence-electron chi connectivity index (χ2n) is 6.88. The third-order valence-corrected chi connectivity index (χ3v) is 9.27. The van der Waals surface area contributed by atoms with E-state index in [0.717, 1.165) is 11.8 Å². The van der Waals surface area contributed by atoms with Gasteiger partial charge in [-0.1, -0.05) is 20.8 Å². The molecule has 0 aromatic carbocycles. The lowest BCUT2D eigenvalue weighted by Gasteiger charge is -2.39. The zero-order chi connectivity index (χ0) is 11.4. The van der Waals surface area contributed by atoms with Crippen LogP contribution in [0.3, 0.4) is 0 Å². The molecule has 0 radical (unpaired) electrons. The van der Waals surface area contributed by atoms with Crippen molar-refractivity contribution in [1.29, 1.82) is 0 Å². The maximum absolute atomic E-state index is 6.40. The molecule has 0 spiro atoms. The van der Waals surface area contributed by atoms with Gasteiger partial charge in [-0.3, -0.25) is 0 Å². The molecule has 15 heavy (non-hydrogen) atoms. The molecule has 0 saturated heterocycles. The van der Waals surface area contributed by atoms with E-state index >= 15 is 0 Å². The van der Waals surface area contributed by atoms with E-state index in [1.165, 1.54) is 12.8 Å². The van der Waals surface area contributed by atoms with Crippen molar-refractivity contribution in [2.24, 2.45) is 17.6 Å². The van der Waals surface area contributed by atoms with Crippen LogP contribution in [0.15, 0.2) is 0 Å². The first-order chi connectivity index (χ1) is 6.72. The van der Waals surface area contributed by atoms with Crippen molar-refractivity contribution in [3.8, 4) is 0 Å². The predicted octanol–water partition coefficient (Wildman–Crippen LogP) is 2.74. The summed E-state index contributed by atoms with van der Waals surface area (Å²) in [7, 11) is -1.54. The molecule has 0 bridgehead atoms. The summed E-state index contributed by atoms with van der Waals surface area (Å²) in [6, 6.07) is 0.504. The van der Waals surface area contributed by atoms with Crippen molar-refractivity contribution in [2.75, 3.05) is 0 Å². The van der Waals surface area contributed by atoms with Gasteiger partial charge in [0.05, 0.1) is 0 Å². The van der Waals surface area contributed by atoms with Crippen LogP contribution in [0.4, 0.5) is 0 Å². The summed E-state index contributed by atoms with van der Waals surface area (Å²) >= 11 is 0. The number of rotatable bonds is 2. The van der Waals surface area contributed by atoms with Crippen LogP contribution in [-0.4, -0.2) is 20.5 Å². The fraction of sp³-hybridized carbons (Fsp3) is 1.00. The molecule has 0 amide bonds. The molecule has 2 rings (SSSR count). The van der Waals surface area contributed by atoms with Gasteiger partial charge in [0, 0.05) is 12.1 Å². The average molecular weight is 227 g/mol. The molecule has 2 N–H and O–H groups in total. The molecule has 2 aliphatic rings. The summed E-state index contributed by atoms with van der Waals surface area (Å²) in [4.78, 5) is 0. The van der Waals surface area contributed by atoms with E-state index in [4.69, 9.17) is 10.2 Å². The molecule has 88 valence electrons. The zero-order valence-corrected chi connectivity index (χ0v) is 11.7. The van der Waals surface area contributed by atoms with Crippen LogP contribution in [-0.2, 0) is 4.43 Å². The Morgan fingerprint density at radius 3 is 2.00 bits per heavy atom. The lowest BCUT2D eigenvalue weighted by molar-refractivity contribution is 0.171. The first kappa shape index (κ1) is 11.6. The van der Waals surface area contributed by atoms with E-state index < -0.39 is 8.32 Å². The van der Waals surface area contributed by atoms with E-state index in [1.54, 1.807) is 0 Å². The molecule has 0 aromatic heterocycles. The third-order valence-electron chi connectivity index (χ3n) is 4.74. The lowest BCUT2D eigenvalue weighted by Crippen LogP contribution is -2.44. The molecular weight excluding hydrogens is 202 g/mol. The molecule has 3 heteroatoms. The summed E-state index contributed by atoms with van der Waals surface area (Å²) in [5, 5.41) is 0.335. The van der Waals surface area contributed by atoms with Crippen LogP contribution >= 0.6 is 0 Å².